The minimum Gasteiger partial charge on any atom is -0.493 e. The van der Waals surface area contributed by atoms with E-state index in [-0.39, 0.29) is 28.9 Å². The van der Waals surface area contributed by atoms with Crippen LogP contribution in [0.4, 0.5) is 0 Å². The molecule has 37 heavy (non-hydrogen) atoms. The lowest BCUT2D eigenvalue weighted by atomic mass is 9.93. The van der Waals surface area contributed by atoms with Gasteiger partial charge in [0.05, 0.1) is 22.8 Å². The molecule has 0 radical (unpaired) electrons. The summed E-state index contributed by atoms with van der Waals surface area (Å²) in [6.07, 6.45) is 5.29. The minimum atomic E-state index is -0.507. The maximum absolute atomic E-state index is 12.9. The topological polar surface area (TPSA) is 144 Å². The van der Waals surface area contributed by atoms with Crippen LogP contribution in [0.25, 0.3) is 23.0 Å². The van der Waals surface area contributed by atoms with Crippen molar-refractivity contribution in [3.05, 3.63) is 55.5 Å². The van der Waals surface area contributed by atoms with Crippen molar-refractivity contribution < 1.29 is 9.90 Å². The first-order chi connectivity index (χ1) is 17.6. The fraction of sp³-hybridized carbons (Fsp3) is 0.400. The van der Waals surface area contributed by atoms with Crippen LogP contribution in [-0.4, -0.2) is 73.7 Å². The van der Waals surface area contributed by atoms with Gasteiger partial charge in [-0.25, -0.2) is 9.78 Å². The van der Waals surface area contributed by atoms with Crippen LogP contribution >= 0.6 is 11.3 Å². The highest BCUT2D eigenvalue weighted by atomic mass is 32.1. The monoisotopic (exact) mass is 522 g/mol. The van der Waals surface area contributed by atoms with Crippen LogP contribution in [0.1, 0.15) is 42.1 Å². The molecule has 0 aliphatic heterocycles. The first-order valence-electron chi connectivity index (χ1n) is 12.1. The van der Waals surface area contributed by atoms with Gasteiger partial charge in [0.15, 0.2) is 11.1 Å². The number of fused-ring (bicyclic) bond motifs is 1. The molecule has 4 aromatic heterocycles. The summed E-state index contributed by atoms with van der Waals surface area (Å²) in [5.74, 6) is -0.372. The average Bonchev–Trinajstić information content (AvgIpc) is 3.20. The number of aromatic nitrogens is 5. The second-order valence-corrected chi connectivity index (χ2v) is 11.4. The predicted octanol–water partition coefficient (Wildman–Crippen LogP) is 1.11. The van der Waals surface area contributed by atoms with Gasteiger partial charge in [-0.2, -0.15) is 9.61 Å². The number of hydrogen-bond acceptors (Lipinski definition) is 8. The summed E-state index contributed by atoms with van der Waals surface area (Å²) in [6, 6.07) is 3.98. The number of carbonyl (C=O) groups excluding carboxylic acids is 1. The van der Waals surface area contributed by atoms with E-state index in [2.05, 4.69) is 39.1 Å². The highest BCUT2D eigenvalue weighted by Gasteiger charge is 2.22. The van der Waals surface area contributed by atoms with Gasteiger partial charge in [0.1, 0.15) is 5.69 Å². The summed E-state index contributed by atoms with van der Waals surface area (Å²) in [4.78, 5) is 41.6. The molecule has 0 saturated heterocycles. The molecule has 0 unspecified atom stereocenters. The van der Waals surface area contributed by atoms with E-state index >= 15 is 0 Å². The zero-order valence-corrected chi connectivity index (χ0v) is 22.0. The molecule has 4 heterocycles. The highest BCUT2D eigenvalue weighted by Crippen LogP contribution is 2.25. The molecule has 1 aliphatic carbocycles. The second-order valence-electron chi connectivity index (χ2n) is 10.5. The number of amides is 1. The summed E-state index contributed by atoms with van der Waals surface area (Å²) in [5.41, 5.74) is 2.34. The Bertz CT molecular complexity index is 1640. The second kappa shape index (κ2) is 9.60. The molecule has 0 spiro atoms. The smallest absolute Gasteiger partial charge is 0.326 e. The number of imidazole rings is 1. The van der Waals surface area contributed by atoms with Crippen LogP contribution in [0.15, 0.2) is 33.5 Å². The minimum absolute atomic E-state index is 0.0574. The van der Waals surface area contributed by atoms with Crippen LogP contribution in [0.3, 0.4) is 0 Å². The van der Waals surface area contributed by atoms with E-state index in [0.29, 0.717) is 33.5 Å². The Morgan fingerprint density at radius 2 is 2.14 bits per heavy atom. The van der Waals surface area contributed by atoms with Gasteiger partial charge in [-0.05, 0) is 44.5 Å². The molecule has 4 N–H and O–H groups in total. The van der Waals surface area contributed by atoms with Gasteiger partial charge in [-0.1, -0.05) is 13.8 Å². The quantitative estimate of drug-likeness (QED) is 0.273. The molecule has 0 bridgehead atoms. The Labute approximate surface area is 216 Å². The van der Waals surface area contributed by atoms with Crippen molar-refractivity contribution in [2.45, 2.75) is 32.7 Å². The number of thiophene rings is 1. The van der Waals surface area contributed by atoms with Crippen LogP contribution in [0.2, 0.25) is 0 Å². The molecule has 194 valence electrons. The van der Waals surface area contributed by atoms with Crippen LogP contribution in [0.5, 0.6) is 5.88 Å². The van der Waals surface area contributed by atoms with Crippen molar-refractivity contribution in [2.75, 3.05) is 27.2 Å². The number of rotatable bonds is 8. The van der Waals surface area contributed by atoms with Crippen molar-refractivity contribution >= 4 is 29.0 Å². The lowest BCUT2D eigenvalue weighted by Gasteiger charge is -2.28. The first-order valence-corrected chi connectivity index (χ1v) is 12.9. The van der Waals surface area contributed by atoms with E-state index in [0.717, 1.165) is 24.9 Å². The third-order valence-corrected chi connectivity index (χ3v) is 6.90. The van der Waals surface area contributed by atoms with E-state index in [4.69, 9.17) is 9.98 Å². The summed E-state index contributed by atoms with van der Waals surface area (Å²) in [7, 11) is 4.04. The fourth-order valence-corrected chi connectivity index (χ4v) is 5.07. The largest absolute Gasteiger partial charge is 0.493 e. The lowest BCUT2D eigenvalue weighted by Crippen LogP contribution is -2.39. The van der Waals surface area contributed by atoms with E-state index in [9.17, 15) is 14.7 Å². The van der Waals surface area contributed by atoms with E-state index in [1.54, 1.807) is 16.8 Å². The molecule has 1 aliphatic rings. The third kappa shape index (κ3) is 5.65. The zero-order chi connectivity index (χ0) is 26.3. The Morgan fingerprint density at radius 1 is 1.35 bits per heavy atom. The normalized spacial score (nSPS) is 15.3. The third-order valence-electron chi connectivity index (χ3n) is 5.97. The van der Waals surface area contributed by atoms with Crippen molar-refractivity contribution in [3.63, 3.8) is 0 Å². The van der Waals surface area contributed by atoms with Crippen molar-refractivity contribution in [1.82, 2.24) is 34.8 Å². The number of hydrogen-bond donors (Lipinski definition) is 4. The molecule has 11 nitrogen and oxygen atoms in total. The van der Waals surface area contributed by atoms with Crippen molar-refractivity contribution in [2.24, 2.45) is 10.4 Å². The molecule has 0 atom stereocenters. The van der Waals surface area contributed by atoms with Gasteiger partial charge in [0.2, 0.25) is 5.88 Å². The van der Waals surface area contributed by atoms with Gasteiger partial charge in [-0.3, -0.25) is 14.8 Å². The summed E-state index contributed by atoms with van der Waals surface area (Å²) in [5, 5.41) is 20.0. The SMILES string of the molecule is CN(C)CC(C)(C)CNC(=O)c1cc(-c2cc(=NC3CC3)n3ncc(=Cc4[nH]c(=O)[nH]c4O)c3n2)cs1. The van der Waals surface area contributed by atoms with Crippen LogP contribution < -0.4 is 21.7 Å². The molecule has 12 heteroatoms. The molecule has 1 amide bonds. The Kier molecular flexibility index (Phi) is 6.46. The Balaban J connectivity index is 1.50. The molecular weight excluding hydrogens is 492 g/mol. The zero-order valence-electron chi connectivity index (χ0n) is 21.2. The van der Waals surface area contributed by atoms with Gasteiger partial charge in [-0.15, -0.1) is 11.3 Å². The van der Waals surface area contributed by atoms with Crippen LogP contribution in [0, 0.1) is 5.41 Å². The van der Waals surface area contributed by atoms with E-state index in [1.165, 1.54) is 11.3 Å². The highest BCUT2D eigenvalue weighted by molar-refractivity contribution is 7.12. The molecule has 1 fully saturated rings. The first kappa shape index (κ1) is 24.9. The summed E-state index contributed by atoms with van der Waals surface area (Å²) >= 11 is 1.37. The average molecular weight is 523 g/mol. The van der Waals surface area contributed by atoms with Gasteiger partial charge in [0.25, 0.3) is 5.91 Å². The fourth-order valence-electron chi connectivity index (χ4n) is 4.25. The maximum Gasteiger partial charge on any atom is 0.326 e. The lowest BCUT2D eigenvalue weighted by molar-refractivity contribution is 0.0933. The number of nitrogens with zero attached hydrogens (tertiary/aromatic N) is 5. The van der Waals surface area contributed by atoms with Gasteiger partial charge < -0.3 is 20.3 Å². The van der Waals surface area contributed by atoms with E-state index < -0.39 is 5.69 Å². The molecule has 0 aromatic carbocycles. The van der Waals surface area contributed by atoms with E-state index in [1.807, 2.05) is 31.6 Å². The Morgan fingerprint density at radius 3 is 2.81 bits per heavy atom. The molecule has 1 saturated carbocycles. The predicted molar refractivity (Wildman–Crippen MR) is 141 cm³/mol. The number of aromatic hydroxyl groups is 1. The Hall–Kier alpha value is -3.77. The molecular formula is C25H30N8O3S. The van der Waals surface area contributed by atoms with Gasteiger partial charge >= 0.3 is 5.69 Å². The van der Waals surface area contributed by atoms with Crippen molar-refractivity contribution in [3.8, 4) is 17.1 Å². The van der Waals surface area contributed by atoms with Gasteiger partial charge in [0, 0.05) is 35.3 Å². The summed E-state index contributed by atoms with van der Waals surface area (Å²) < 4.78 is 1.66. The summed E-state index contributed by atoms with van der Waals surface area (Å²) in [6.45, 7) is 5.68. The number of H-pyrrole nitrogens is 2. The van der Waals surface area contributed by atoms with Crippen molar-refractivity contribution in [1.29, 1.82) is 0 Å². The number of nitrogens with one attached hydrogen (secondary N) is 3. The standard InChI is InChI=1S/C25H30N8O3S/c1-25(2,13-32(3)4)12-26-23(35)19-8-15(11-37-19)17-9-20(28-16-5-6-16)33-21(29-17)14(10-27-33)7-18-22(34)31-24(36)30-18/h7-11,16,34H,5-6,12-13H2,1-4H3,(H,26,35)(H2,30,31,36). The number of carbonyl (C=O) groups is 1. The number of aromatic amines is 2. The van der Waals surface area contributed by atoms with Crippen LogP contribution in [-0.2, 0) is 0 Å². The molecule has 5 rings (SSSR count). The molecule has 4 aromatic rings. The maximum atomic E-state index is 12.9.